The van der Waals surface area contributed by atoms with Gasteiger partial charge in [-0.1, -0.05) is 34.5 Å². The fourth-order valence-electron chi connectivity index (χ4n) is 1.49. The number of rotatable bonds is 3. The highest BCUT2D eigenvalue weighted by atomic mass is 35.5. The van der Waals surface area contributed by atoms with Crippen LogP contribution >= 0.6 is 23.2 Å². The molecule has 0 radical (unpaired) electrons. The van der Waals surface area contributed by atoms with Gasteiger partial charge in [0.25, 0.3) is 0 Å². The first-order valence-electron chi connectivity index (χ1n) is 5.09. The van der Waals surface area contributed by atoms with Crippen LogP contribution in [0.3, 0.4) is 0 Å². The summed E-state index contributed by atoms with van der Waals surface area (Å²) in [5, 5.41) is 17.0. The molecule has 94 valence electrons. The fourth-order valence-corrected chi connectivity index (χ4v) is 1.80. The third kappa shape index (κ3) is 2.47. The van der Waals surface area contributed by atoms with Crippen LogP contribution in [0.15, 0.2) is 24.4 Å². The van der Waals surface area contributed by atoms with Gasteiger partial charge in [-0.25, -0.2) is 9.48 Å². The van der Waals surface area contributed by atoms with E-state index in [-0.39, 0.29) is 11.7 Å². The number of hydrogen-bond donors (Lipinski definition) is 1. The predicted octanol–water partition coefficient (Wildman–Crippen LogP) is 2.89. The van der Waals surface area contributed by atoms with Crippen LogP contribution in [-0.2, 0) is 0 Å². The van der Waals surface area contributed by atoms with E-state index in [0.717, 1.165) is 5.56 Å². The summed E-state index contributed by atoms with van der Waals surface area (Å²) in [6.07, 6.45) is 1.37. The van der Waals surface area contributed by atoms with Gasteiger partial charge in [-0.15, -0.1) is 5.10 Å². The lowest BCUT2D eigenvalue weighted by molar-refractivity contribution is 0.0690. The molecule has 1 aromatic carbocycles. The molecule has 0 saturated heterocycles. The molecule has 0 unspecified atom stereocenters. The minimum absolute atomic E-state index is 0.0955. The van der Waals surface area contributed by atoms with E-state index < -0.39 is 5.97 Å². The van der Waals surface area contributed by atoms with Gasteiger partial charge in [0.1, 0.15) is 0 Å². The Hall–Kier alpha value is -1.59. The van der Waals surface area contributed by atoms with Crippen LogP contribution < -0.4 is 0 Å². The van der Waals surface area contributed by atoms with Crippen LogP contribution in [0.1, 0.15) is 29.0 Å². The van der Waals surface area contributed by atoms with Crippen LogP contribution in [0.2, 0.25) is 10.0 Å². The number of benzene rings is 1. The lowest BCUT2D eigenvalue weighted by atomic mass is 10.1. The number of hydrogen-bond acceptors (Lipinski definition) is 3. The number of carbonyl (C=O) groups is 1. The zero-order valence-electron chi connectivity index (χ0n) is 9.34. The summed E-state index contributed by atoms with van der Waals surface area (Å²) in [6, 6.07) is 5.03. The standard InChI is InChI=1S/C11H9Cl2N3O2/c1-6(7-2-3-8(12)9(13)4-7)16-5-10(11(17)18)14-15-16/h2-6H,1H3,(H,17,18)/t6-/m1/s1. The quantitative estimate of drug-likeness (QED) is 0.942. The maximum Gasteiger partial charge on any atom is 0.358 e. The Labute approximate surface area is 113 Å². The van der Waals surface area contributed by atoms with E-state index in [1.807, 2.05) is 6.92 Å². The number of nitrogens with zero attached hydrogens (tertiary/aromatic N) is 3. The molecule has 1 heterocycles. The smallest absolute Gasteiger partial charge is 0.358 e. The van der Waals surface area contributed by atoms with Crippen molar-refractivity contribution < 1.29 is 9.90 Å². The van der Waals surface area contributed by atoms with Gasteiger partial charge in [0.2, 0.25) is 0 Å². The third-order valence-corrected chi connectivity index (χ3v) is 3.29. The first kappa shape index (κ1) is 12.9. The Kier molecular flexibility index (Phi) is 3.54. The molecule has 0 bridgehead atoms. The molecule has 18 heavy (non-hydrogen) atoms. The van der Waals surface area contributed by atoms with Crippen molar-refractivity contribution >= 4 is 29.2 Å². The molecule has 7 heteroatoms. The highest BCUT2D eigenvalue weighted by molar-refractivity contribution is 6.42. The molecule has 1 aromatic heterocycles. The highest BCUT2D eigenvalue weighted by Gasteiger charge is 2.14. The van der Waals surface area contributed by atoms with Gasteiger partial charge in [0.05, 0.1) is 22.3 Å². The lowest BCUT2D eigenvalue weighted by Crippen LogP contribution is -2.07. The van der Waals surface area contributed by atoms with Crippen molar-refractivity contribution in [3.63, 3.8) is 0 Å². The van der Waals surface area contributed by atoms with Crippen molar-refractivity contribution in [3.8, 4) is 0 Å². The summed E-state index contributed by atoms with van der Waals surface area (Å²) in [4.78, 5) is 10.7. The topological polar surface area (TPSA) is 68.0 Å². The second-order valence-corrected chi connectivity index (χ2v) is 4.55. The van der Waals surface area contributed by atoms with Gasteiger partial charge in [0.15, 0.2) is 5.69 Å². The number of halogens is 2. The number of carboxylic acids is 1. The first-order chi connectivity index (χ1) is 8.49. The maximum absolute atomic E-state index is 10.7. The fraction of sp³-hybridized carbons (Fsp3) is 0.182. The predicted molar refractivity (Wildman–Crippen MR) is 67.3 cm³/mol. The Morgan fingerprint density at radius 3 is 2.67 bits per heavy atom. The van der Waals surface area contributed by atoms with E-state index in [1.165, 1.54) is 10.9 Å². The van der Waals surface area contributed by atoms with Crippen LogP contribution in [0, 0.1) is 0 Å². The van der Waals surface area contributed by atoms with E-state index in [4.69, 9.17) is 28.3 Å². The first-order valence-corrected chi connectivity index (χ1v) is 5.84. The average Bonchev–Trinajstić information content (AvgIpc) is 2.81. The SMILES string of the molecule is C[C@H](c1ccc(Cl)c(Cl)c1)n1cc(C(=O)O)nn1. The third-order valence-electron chi connectivity index (χ3n) is 2.55. The van der Waals surface area contributed by atoms with Gasteiger partial charge >= 0.3 is 5.97 Å². The van der Waals surface area contributed by atoms with Gasteiger partial charge in [0, 0.05) is 0 Å². The van der Waals surface area contributed by atoms with Crippen molar-refractivity contribution in [2.75, 3.05) is 0 Å². The van der Waals surface area contributed by atoms with Crippen LogP contribution in [0.4, 0.5) is 0 Å². The normalized spacial score (nSPS) is 12.4. The molecular weight excluding hydrogens is 277 g/mol. The Bertz CT molecular complexity index is 598. The average molecular weight is 286 g/mol. The molecule has 1 atom stereocenters. The molecule has 0 saturated carbocycles. The van der Waals surface area contributed by atoms with E-state index in [0.29, 0.717) is 10.0 Å². The minimum atomic E-state index is -1.11. The second kappa shape index (κ2) is 4.96. The summed E-state index contributed by atoms with van der Waals surface area (Å²) in [5.74, 6) is -1.11. The monoisotopic (exact) mass is 285 g/mol. The number of aromatic nitrogens is 3. The number of aromatic carboxylic acids is 1. The minimum Gasteiger partial charge on any atom is -0.476 e. The summed E-state index contributed by atoms with van der Waals surface area (Å²) in [6.45, 7) is 1.86. The molecule has 2 aromatic rings. The van der Waals surface area contributed by atoms with Gasteiger partial charge in [-0.2, -0.15) is 0 Å². The van der Waals surface area contributed by atoms with Crippen molar-refractivity contribution in [2.45, 2.75) is 13.0 Å². The number of carboxylic acid groups (broad SMARTS) is 1. The van der Waals surface area contributed by atoms with E-state index in [9.17, 15) is 4.79 Å². The zero-order chi connectivity index (χ0) is 13.3. The molecule has 0 amide bonds. The molecule has 0 spiro atoms. The van der Waals surface area contributed by atoms with E-state index in [1.54, 1.807) is 18.2 Å². The van der Waals surface area contributed by atoms with Crippen molar-refractivity contribution in [3.05, 3.63) is 45.7 Å². The molecule has 2 rings (SSSR count). The second-order valence-electron chi connectivity index (χ2n) is 3.74. The van der Waals surface area contributed by atoms with Crippen molar-refractivity contribution in [1.82, 2.24) is 15.0 Å². The van der Waals surface area contributed by atoms with Crippen LogP contribution in [-0.4, -0.2) is 26.1 Å². The molecule has 5 nitrogen and oxygen atoms in total. The van der Waals surface area contributed by atoms with Crippen LogP contribution in [0.25, 0.3) is 0 Å². The van der Waals surface area contributed by atoms with Gasteiger partial charge in [-0.3, -0.25) is 0 Å². The summed E-state index contributed by atoms with van der Waals surface area (Å²) in [5.41, 5.74) is 0.771. The molecule has 0 aliphatic carbocycles. The van der Waals surface area contributed by atoms with Crippen molar-refractivity contribution in [1.29, 1.82) is 0 Å². The van der Waals surface area contributed by atoms with Gasteiger partial charge in [-0.05, 0) is 24.6 Å². The van der Waals surface area contributed by atoms with E-state index >= 15 is 0 Å². The van der Waals surface area contributed by atoms with Gasteiger partial charge < -0.3 is 5.11 Å². The Balaban J connectivity index is 2.31. The Morgan fingerprint density at radius 1 is 1.39 bits per heavy atom. The van der Waals surface area contributed by atoms with E-state index in [2.05, 4.69) is 10.3 Å². The highest BCUT2D eigenvalue weighted by Crippen LogP contribution is 2.26. The summed E-state index contributed by atoms with van der Waals surface area (Å²) in [7, 11) is 0. The molecular formula is C11H9Cl2N3O2. The maximum atomic E-state index is 10.7. The Morgan fingerprint density at radius 2 is 2.11 bits per heavy atom. The molecule has 0 aliphatic rings. The molecule has 1 N–H and O–H groups in total. The summed E-state index contributed by atoms with van der Waals surface area (Å²) < 4.78 is 1.46. The van der Waals surface area contributed by atoms with Crippen LogP contribution in [0.5, 0.6) is 0 Å². The lowest BCUT2D eigenvalue weighted by Gasteiger charge is -2.12. The summed E-state index contributed by atoms with van der Waals surface area (Å²) >= 11 is 11.8. The molecule has 0 aliphatic heterocycles. The van der Waals surface area contributed by atoms with Crippen molar-refractivity contribution in [2.24, 2.45) is 0 Å². The zero-order valence-corrected chi connectivity index (χ0v) is 10.9. The largest absolute Gasteiger partial charge is 0.476 e. The molecule has 0 fully saturated rings.